The molecule has 10 heteroatoms. The highest BCUT2D eigenvalue weighted by atomic mass is 19.4. The molecular weight excluding hydrogens is 455 g/mol. The minimum atomic E-state index is -4.48. The fourth-order valence-corrected chi connectivity index (χ4v) is 3.34. The summed E-state index contributed by atoms with van der Waals surface area (Å²) in [5.41, 5.74) is -0.436. The van der Waals surface area contributed by atoms with Gasteiger partial charge < -0.3 is 9.84 Å². The molecule has 0 saturated heterocycles. The monoisotopic (exact) mass is 473 g/mol. The average molecular weight is 473 g/mol. The van der Waals surface area contributed by atoms with Crippen molar-refractivity contribution in [1.82, 2.24) is 4.98 Å². The van der Waals surface area contributed by atoms with Crippen molar-refractivity contribution < 1.29 is 40.6 Å². The molecule has 0 fully saturated rings. The Morgan fingerprint density at radius 3 is 2.06 bits per heavy atom. The molecule has 3 aromatic rings. The first-order valence-electron chi connectivity index (χ1n) is 9.66. The maximum Gasteiger partial charge on any atom is 0.422 e. The van der Waals surface area contributed by atoms with E-state index in [4.69, 9.17) is 0 Å². The van der Waals surface area contributed by atoms with Gasteiger partial charge in [-0.25, -0.2) is 8.78 Å². The van der Waals surface area contributed by atoms with Crippen LogP contribution in [0.3, 0.4) is 0 Å². The van der Waals surface area contributed by atoms with Crippen molar-refractivity contribution in [3.8, 4) is 16.9 Å². The summed E-state index contributed by atoms with van der Waals surface area (Å²) in [5, 5.41) is 9.96. The number of hydrogen-bond acceptors (Lipinski definition) is 3. The molecule has 33 heavy (non-hydrogen) atoms. The molecular formula is C23H18F7NO2. The normalized spacial score (nSPS) is 14.1. The zero-order valence-electron chi connectivity index (χ0n) is 17.1. The van der Waals surface area contributed by atoms with Crippen LogP contribution in [0.15, 0.2) is 60.8 Å². The first kappa shape index (κ1) is 24.5. The molecule has 1 heterocycles. The fourth-order valence-electron chi connectivity index (χ4n) is 3.34. The number of aliphatic hydroxyl groups is 1. The van der Waals surface area contributed by atoms with Gasteiger partial charge >= 0.3 is 6.18 Å². The van der Waals surface area contributed by atoms with E-state index in [0.717, 1.165) is 31.3 Å². The Bertz CT molecular complexity index is 1080. The predicted molar refractivity (Wildman–Crippen MR) is 106 cm³/mol. The van der Waals surface area contributed by atoms with Gasteiger partial charge in [0.05, 0.1) is 12.0 Å². The molecule has 3 nitrogen and oxygen atoms in total. The minimum absolute atomic E-state index is 0.0201. The lowest BCUT2D eigenvalue weighted by Gasteiger charge is -2.29. The molecule has 1 aromatic heterocycles. The molecule has 2 atom stereocenters. The number of pyridine rings is 1. The summed E-state index contributed by atoms with van der Waals surface area (Å²) in [6.45, 7) is -0.380. The van der Waals surface area contributed by atoms with Gasteiger partial charge in [-0.15, -0.1) is 0 Å². The smallest absolute Gasteiger partial charge is 0.422 e. The number of aliphatic hydroxyl groups excluding tert-OH is 1. The van der Waals surface area contributed by atoms with Crippen LogP contribution in [0, 0.1) is 11.6 Å². The highest BCUT2D eigenvalue weighted by molar-refractivity contribution is 5.63. The third kappa shape index (κ3) is 5.81. The zero-order valence-corrected chi connectivity index (χ0v) is 17.1. The summed E-state index contributed by atoms with van der Waals surface area (Å²) in [5.74, 6) is -8.01. The Labute approximate surface area is 184 Å². The van der Waals surface area contributed by atoms with E-state index in [0.29, 0.717) is 17.2 Å². The van der Waals surface area contributed by atoms with Crippen molar-refractivity contribution in [2.45, 2.75) is 31.0 Å². The van der Waals surface area contributed by atoms with E-state index in [-0.39, 0.29) is 5.75 Å². The van der Waals surface area contributed by atoms with E-state index >= 15 is 8.78 Å². The van der Waals surface area contributed by atoms with E-state index in [1.165, 1.54) is 30.3 Å². The highest BCUT2D eigenvalue weighted by Gasteiger charge is 2.47. The van der Waals surface area contributed by atoms with Crippen LogP contribution in [-0.4, -0.2) is 29.0 Å². The second-order valence-electron chi connectivity index (χ2n) is 7.37. The molecule has 0 amide bonds. The summed E-state index contributed by atoms with van der Waals surface area (Å²) in [7, 11) is 0. The molecule has 0 aliphatic rings. The summed E-state index contributed by atoms with van der Waals surface area (Å²) in [6.07, 6.45) is -5.05. The number of aromatic nitrogens is 1. The van der Waals surface area contributed by atoms with Gasteiger partial charge in [0.25, 0.3) is 5.92 Å². The third-order valence-electron chi connectivity index (χ3n) is 4.87. The van der Waals surface area contributed by atoms with Gasteiger partial charge in [0.15, 0.2) is 6.61 Å². The van der Waals surface area contributed by atoms with E-state index in [9.17, 15) is 27.1 Å². The maximum absolute atomic E-state index is 15.2. The third-order valence-corrected chi connectivity index (χ3v) is 4.87. The fraction of sp³-hybridized carbons (Fsp3) is 0.261. The number of rotatable bonds is 7. The highest BCUT2D eigenvalue weighted by Crippen LogP contribution is 2.44. The van der Waals surface area contributed by atoms with Gasteiger partial charge in [0.1, 0.15) is 23.1 Å². The van der Waals surface area contributed by atoms with Crippen LogP contribution in [0.2, 0.25) is 0 Å². The van der Waals surface area contributed by atoms with Crippen molar-refractivity contribution in [2.75, 3.05) is 6.61 Å². The molecule has 0 bridgehead atoms. The van der Waals surface area contributed by atoms with E-state index in [1.807, 2.05) is 0 Å². The summed E-state index contributed by atoms with van der Waals surface area (Å²) >= 11 is 0. The van der Waals surface area contributed by atoms with Crippen LogP contribution in [0.1, 0.15) is 24.1 Å². The van der Waals surface area contributed by atoms with Gasteiger partial charge in [-0.05, 0) is 36.8 Å². The summed E-state index contributed by atoms with van der Waals surface area (Å²) in [4.78, 5) is 3.76. The summed E-state index contributed by atoms with van der Waals surface area (Å²) < 4.78 is 99.1. The topological polar surface area (TPSA) is 42.4 Å². The molecule has 2 aromatic carbocycles. The summed E-state index contributed by atoms with van der Waals surface area (Å²) in [6, 6.07) is 9.91. The largest absolute Gasteiger partial charge is 0.484 e. The second-order valence-corrected chi connectivity index (χ2v) is 7.37. The lowest BCUT2D eigenvalue weighted by atomic mass is 9.85. The Kier molecular flexibility index (Phi) is 6.97. The van der Waals surface area contributed by atoms with E-state index in [2.05, 4.69) is 9.72 Å². The van der Waals surface area contributed by atoms with Gasteiger partial charge in [-0.2, -0.15) is 22.0 Å². The standard InChI is InChI=1S/C23H18F7NO2/c1-13(32)21(18-8-5-16(24)10-19(18)25)23(29,30)20-9-4-15(11-31-20)14-2-6-17(7-3-14)33-12-22(26,27)28/h2-11,13,21,32H,12H2,1H3. The number of halogens is 7. The molecule has 176 valence electrons. The van der Waals surface area contributed by atoms with Gasteiger partial charge in [-0.1, -0.05) is 24.3 Å². The lowest BCUT2D eigenvalue weighted by molar-refractivity contribution is -0.153. The van der Waals surface area contributed by atoms with Crippen molar-refractivity contribution in [3.05, 3.63) is 83.7 Å². The molecule has 0 aliphatic carbocycles. The number of benzene rings is 2. The molecule has 2 unspecified atom stereocenters. The zero-order chi connectivity index (χ0) is 24.4. The van der Waals surface area contributed by atoms with E-state index < -0.39 is 53.6 Å². The molecule has 3 rings (SSSR count). The first-order valence-corrected chi connectivity index (χ1v) is 9.66. The molecule has 0 spiro atoms. The molecule has 0 saturated carbocycles. The van der Waals surface area contributed by atoms with Gasteiger partial charge in [0.2, 0.25) is 0 Å². The number of hydrogen-bond donors (Lipinski definition) is 1. The Morgan fingerprint density at radius 1 is 0.909 bits per heavy atom. The van der Waals surface area contributed by atoms with Crippen LogP contribution in [-0.2, 0) is 5.92 Å². The maximum atomic E-state index is 15.2. The van der Waals surface area contributed by atoms with Gasteiger partial charge in [0, 0.05) is 23.4 Å². The number of nitrogens with zero attached hydrogens (tertiary/aromatic N) is 1. The first-order chi connectivity index (χ1) is 15.4. The molecule has 1 N–H and O–H groups in total. The van der Waals surface area contributed by atoms with Crippen molar-refractivity contribution >= 4 is 0 Å². The van der Waals surface area contributed by atoms with E-state index in [1.54, 1.807) is 0 Å². The van der Waals surface area contributed by atoms with Gasteiger partial charge in [-0.3, -0.25) is 4.98 Å². The predicted octanol–water partition coefficient (Wildman–Crippen LogP) is 6.22. The van der Waals surface area contributed by atoms with Crippen LogP contribution < -0.4 is 4.74 Å². The lowest BCUT2D eigenvalue weighted by Crippen LogP contribution is -2.33. The average Bonchev–Trinajstić information content (AvgIpc) is 2.74. The van der Waals surface area contributed by atoms with Crippen LogP contribution in [0.4, 0.5) is 30.7 Å². The molecule has 0 radical (unpaired) electrons. The number of alkyl halides is 5. The Balaban J connectivity index is 1.84. The van der Waals surface area contributed by atoms with Crippen LogP contribution in [0.5, 0.6) is 5.75 Å². The van der Waals surface area contributed by atoms with Crippen LogP contribution >= 0.6 is 0 Å². The van der Waals surface area contributed by atoms with Crippen molar-refractivity contribution in [2.24, 2.45) is 0 Å². The van der Waals surface area contributed by atoms with Crippen LogP contribution in [0.25, 0.3) is 11.1 Å². The Morgan fingerprint density at radius 2 is 1.55 bits per heavy atom. The quantitative estimate of drug-likeness (QED) is 0.414. The number of ether oxygens (including phenoxy) is 1. The minimum Gasteiger partial charge on any atom is -0.484 e. The van der Waals surface area contributed by atoms with Crippen molar-refractivity contribution in [3.63, 3.8) is 0 Å². The molecule has 0 aliphatic heterocycles. The van der Waals surface area contributed by atoms with Crippen molar-refractivity contribution in [1.29, 1.82) is 0 Å². The Hall–Kier alpha value is -3.14. The second kappa shape index (κ2) is 9.38. The SMILES string of the molecule is CC(O)C(c1ccc(F)cc1F)C(F)(F)c1ccc(-c2ccc(OCC(F)(F)F)cc2)cn1.